The first-order valence-corrected chi connectivity index (χ1v) is 14.3. The predicted octanol–water partition coefficient (Wildman–Crippen LogP) is 5.17. The highest BCUT2D eigenvalue weighted by Gasteiger charge is 2.29. The molecule has 0 N–H and O–H groups in total. The first-order chi connectivity index (χ1) is 18.9. The van der Waals surface area contributed by atoms with Crippen molar-refractivity contribution in [1.82, 2.24) is 14.8 Å². The van der Waals surface area contributed by atoms with Crippen molar-refractivity contribution in [2.75, 3.05) is 33.9 Å². The summed E-state index contributed by atoms with van der Waals surface area (Å²) in [6, 6.07) is 11.3. The number of methoxy groups -OCH3 is 2. The number of carbonyl (C=O) groups is 2. The maximum Gasteiger partial charge on any atom is 0.273 e. The Morgan fingerprint density at radius 1 is 0.923 bits per heavy atom. The summed E-state index contributed by atoms with van der Waals surface area (Å²) in [5.41, 5.74) is 3.42. The highest BCUT2D eigenvalue weighted by atomic mass is 32.1. The molecule has 8 nitrogen and oxygen atoms in total. The van der Waals surface area contributed by atoms with Gasteiger partial charge in [-0.3, -0.25) is 9.59 Å². The van der Waals surface area contributed by atoms with E-state index >= 15 is 0 Å². The number of amides is 2. The van der Waals surface area contributed by atoms with Gasteiger partial charge < -0.3 is 24.0 Å². The van der Waals surface area contributed by atoms with Crippen molar-refractivity contribution in [1.29, 1.82) is 0 Å². The summed E-state index contributed by atoms with van der Waals surface area (Å²) in [6.45, 7) is 6.46. The van der Waals surface area contributed by atoms with Crippen molar-refractivity contribution in [3.63, 3.8) is 0 Å². The highest BCUT2D eigenvalue weighted by molar-refractivity contribution is 7.09. The van der Waals surface area contributed by atoms with E-state index < -0.39 is 0 Å². The molecule has 39 heavy (non-hydrogen) atoms. The van der Waals surface area contributed by atoms with Crippen LogP contribution in [0, 0.1) is 0 Å². The largest absolute Gasteiger partial charge is 0.493 e. The molecule has 2 aromatic carbocycles. The molecule has 1 saturated heterocycles. The molecule has 0 spiro atoms. The molecule has 2 amide bonds. The van der Waals surface area contributed by atoms with Crippen molar-refractivity contribution < 1.29 is 23.8 Å². The van der Waals surface area contributed by atoms with Gasteiger partial charge in [-0.25, -0.2) is 4.98 Å². The first-order valence-electron chi connectivity index (χ1n) is 13.4. The molecule has 3 heterocycles. The van der Waals surface area contributed by atoms with Gasteiger partial charge in [0.15, 0.2) is 11.5 Å². The lowest BCUT2D eigenvalue weighted by molar-refractivity contribution is 0.0712. The van der Waals surface area contributed by atoms with Crippen LogP contribution in [-0.2, 0) is 13.0 Å². The molecule has 1 fully saturated rings. The predicted molar refractivity (Wildman–Crippen MR) is 150 cm³/mol. The SMILES string of the molecule is COc1cc2c(cc1OC)CN(C(=O)c1csc(C3CCN(C(=O)c4ccc(OC(C)C)cc4)CC3)n1)CC2. The van der Waals surface area contributed by atoms with Crippen LogP contribution in [0.1, 0.15) is 69.6 Å². The third-order valence-electron chi connectivity index (χ3n) is 7.35. The second kappa shape index (κ2) is 11.7. The van der Waals surface area contributed by atoms with Gasteiger partial charge in [0.2, 0.25) is 0 Å². The maximum absolute atomic E-state index is 13.3. The Balaban J connectivity index is 1.18. The molecular formula is C30H35N3O5S. The van der Waals surface area contributed by atoms with Gasteiger partial charge in [0.05, 0.1) is 25.3 Å². The summed E-state index contributed by atoms with van der Waals surface area (Å²) in [5.74, 6) is 2.39. The molecule has 0 bridgehead atoms. The second-order valence-electron chi connectivity index (χ2n) is 10.3. The summed E-state index contributed by atoms with van der Waals surface area (Å²) in [5, 5.41) is 2.85. The number of aromatic nitrogens is 1. The lowest BCUT2D eigenvalue weighted by Crippen LogP contribution is -2.38. The van der Waals surface area contributed by atoms with Crippen LogP contribution < -0.4 is 14.2 Å². The molecule has 0 saturated carbocycles. The molecule has 1 aromatic heterocycles. The fourth-order valence-corrected chi connectivity index (χ4v) is 6.22. The van der Waals surface area contributed by atoms with Crippen molar-refractivity contribution in [2.45, 2.75) is 51.7 Å². The monoisotopic (exact) mass is 549 g/mol. The Morgan fingerprint density at radius 3 is 2.23 bits per heavy atom. The van der Waals surface area contributed by atoms with E-state index in [4.69, 9.17) is 19.2 Å². The second-order valence-corrected chi connectivity index (χ2v) is 11.2. The van der Waals surface area contributed by atoms with Crippen molar-refractivity contribution in [3.8, 4) is 17.2 Å². The Kier molecular flexibility index (Phi) is 8.07. The van der Waals surface area contributed by atoms with E-state index in [0.29, 0.717) is 48.9 Å². The Hall–Kier alpha value is -3.59. The van der Waals surface area contributed by atoms with Crippen LogP contribution in [0.25, 0.3) is 0 Å². The van der Waals surface area contributed by atoms with E-state index in [1.807, 2.05) is 65.4 Å². The van der Waals surface area contributed by atoms with Gasteiger partial charge in [-0.1, -0.05) is 0 Å². The third-order valence-corrected chi connectivity index (χ3v) is 8.36. The molecule has 0 atom stereocenters. The van der Waals surface area contributed by atoms with E-state index in [1.165, 1.54) is 5.56 Å². The molecule has 0 radical (unpaired) electrons. The zero-order valence-electron chi connectivity index (χ0n) is 22.9. The van der Waals surface area contributed by atoms with Gasteiger partial charge >= 0.3 is 0 Å². The molecule has 2 aliphatic heterocycles. The lowest BCUT2D eigenvalue weighted by atomic mass is 9.97. The molecule has 0 aliphatic carbocycles. The number of benzene rings is 2. The standard InChI is InChI=1S/C30H35N3O5S/c1-19(2)38-24-7-5-21(6-8-24)29(34)32-12-9-20(10-13-32)28-31-25(18-39-28)30(35)33-14-11-22-15-26(36-3)27(37-4)16-23(22)17-33/h5-8,15-16,18-20H,9-14,17H2,1-4H3. The Bertz CT molecular complexity index is 1330. The topological polar surface area (TPSA) is 81.2 Å². The van der Waals surface area contributed by atoms with Gasteiger partial charge in [0.1, 0.15) is 11.4 Å². The van der Waals surface area contributed by atoms with E-state index in [-0.39, 0.29) is 23.8 Å². The minimum absolute atomic E-state index is 0.0409. The number of thiazole rings is 1. The Morgan fingerprint density at radius 2 is 1.59 bits per heavy atom. The summed E-state index contributed by atoms with van der Waals surface area (Å²) in [4.78, 5) is 34.8. The number of likely N-dealkylation sites (tertiary alicyclic amines) is 1. The summed E-state index contributed by atoms with van der Waals surface area (Å²) in [6.07, 6.45) is 2.52. The molecule has 3 aromatic rings. The number of ether oxygens (including phenoxy) is 3. The molecule has 0 unspecified atom stereocenters. The van der Waals surface area contributed by atoms with Crippen LogP contribution >= 0.6 is 11.3 Å². The van der Waals surface area contributed by atoms with Gasteiger partial charge in [-0.15, -0.1) is 11.3 Å². The number of nitrogens with zero attached hydrogens (tertiary/aromatic N) is 3. The maximum atomic E-state index is 13.3. The van der Waals surface area contributed by atoms with Crippen molar-refractivity contribution in [2.24, 2.45) is 0 Å². The van der Waals surface area contributed by atoms with E-state index in [2.05, 4.69) is 0 Å². The van der Waals surface area contributed by atoms with Crippen LogP contribution in [0.15, 0.2) is 41.8 Å². The first kappa shape index (κ1) is 27.0. The third kappa shape index (κ3) is 5.88. The lowest BCUT2D eigenvalue weighted by Gasteiger charge is -2.31. The van der Waals surface area contributed by atoms with Crippen molar-refractivity contribution >= 4 is 23.2 Å². The van der Waals surface area contributed by atoms with Gasteiger partial charge in [-0.05, 0) is 80.6 Å². The number of carbonyl (C=O) groups excluding carboxylic acids is 2. The molecule has 206 valence electrons. The highest BCUT2D eigenvalue weighted by Crippen LogP contribution is 2.35. The molecule has 9 heteroatoms. The minimum atomic E-state index is -0.0459. The fourth-order valence-electron chi connectivity index (χ4n) is 5.25. The van der Waals surface area contributed by atoms with Crippen molar-refractivity contribution in [3.05, 3.63) is 69.2 Å². The quantitative estimate of drug-likeness (QED) is 0.405. The number of hydrogen-bond donors (Lipinski definition) is 0. The Labute approximate surface area is 233 Å². The molecular weight excluding hydrogens is 514 g/mol. The van der Waals surface area contributed by atoms with Crippen LogP contribution in [0.3, 0.4) is 0 Å². The van der Waals surface area contributed by atoms with Crippen LogP contribution in [0.4, 0.5) is 0 Å². The summed E-state index contributed by atoms with van der Waals surface area (Å²) in [7, 11) is 3.25. The smallest absolute Gasteiger partial charge is 0.273 e. The molecule has 5 rings (SSSR count). The van der Waals surface area contributed by atoms with E-state index in [0.717, 1.165) is 35.6 Å². The number of rotatable bonds is 7. The number of hydrogen-bond acceptors (Lipinski definition) is 7. The van der Waals surface area contributed by atoms with Crippen LogP contribution in [0.2, 0.25) is 0 Å². The van der Waals surface area contributed by atoms with E-state index in [9.17, 15) is 9.59 Å². The number of fused-ring (bicyclic) bond motifs is 1. The summed E-state index contributed by atoms with van der Waals surface area (Å²) >= 11 is 1.54. The average Bonchev–Trinajstić information content (AvgIpc) is 3.46. The number of piperidine rings is 1. The van der Waals surface area contributed by atoms with Crippen LogP contribution in [-0.4, -0.2) is 66.6 Å². The summed E-state index contributed by atoms with van der Waals surface area (Å²) < 4.78 is 16.6. The zero-order valence-corrected chi connectivity index (χ0v) is 23.8. The van der Waals surface area contributed by atoms with Gasteiger partial charge in [0.25, 0.3) is 11.8 Å². The molecule has 2 aliphatic rings. The average molecular weight is 550 g/mol. The van der Waals surface area contributed by atoms with Crippen LogP contribution in [0.5, 0.6) is 17.2 Å². The van der Waals surface area contributed by atoms with Gasteiger partial charge in [0, 0.05) is 43.0 Å². The minimum Gasteiger partial charge on any atom is -0.493 e. The zero-order chi connectivity index (χ0) is 27.5. The normalized spacial score (nSPS) is 15.7. The fraction of sp³-hybridized carbons (Fsp3) is 0.433. The van der Waals surface area contributed by atoms with Gasteiger partial charge in [-0.2, -0.15) is 0 Å². The van der Waals surface area contributed by atoms with E-state index in [1.54, 1.807) is 25.6 Å².